The fourth-order valence-electron chi connectivity index (χ4n) is 1.55. The summed E-state index contributed by atoms with van der Waals surface area (Å²) < 4.78 is 0.947. The van der Waals surface area contributed by atoms with Crippen molar-refractivity contribution in [1.82, 2.24) is 16.0 Å². The van der Waals surface area contributed by atoms with Crippen LogP contribution in [0.15, 0.2) is 28.7 Å². The average molecular weight is 357 g/mol. The minimum atomic E-state index is -0.322. The second-order valence-corrected chi connectivity index (χ2v) is 5.26. The monoisotopic (exact) mass is 356 g/mol. The molecule has 0 saturated carbocycles. The van der Waals surface area contributed by atoms with Crippen molar-refractivity contribution in [2.45, 2.75) is 13.3 Å². The van der Waals surface area contributed by atoms with Gasteiger partial charge in [0.1, 0.15) is 0 Å². The van der Waals surface area contributed by atoms with Crippen molar-refractivity contribution in [3.05, 3.63) is 28.7 Å². The molecule has 0 saturated heterocycles. The summed E-state index contributed by atoms with van der Waals surface area (Å²) in [4.78, 5) is 23.1. The number of carbonyl (C=O) groups excluding carboxylic acids is 2. The van der Waals surface area contributed by atoms with E-state index in [2.05, 4.69) is 37.2 Å². The van der Waals surface area contributed by atoms with Gasteiger partial charge in [0, 0.05) is 36.2 Å². The van der Waals surface area contributed by atoms with Crippen LogP contribution in [0.3, 0.4) is 0 Å². The maximum Gasteiger partial charge on any atom is 0.319 e. The number of carbonyl (C=O) groups is 2. The number of anilines is 1. The molecule has 0 aliphatic heterocycles. The van der Waals surface area contributed by atoms with Crippen LogP contribution in [0.25, 0.3) is 0 Å². The van der Waals surface area contributed by atoms with Gasteiger partial charge in [0.15, 0.2) is 0 Å². The topological polar surface area (TPSA) is 82.3 Å². The predicted octanol–water partition coefficient (Wildman–Crippen LogP) is 1.69. The number of halogens is 1. The zero-order valence-corrected chi connectivity index (χ0v) is 13.6. The molecule has 1 aromatic carbocycles. The summed E-state index contributed by atoms with van der Waals surface area (Å²) >= 11 is 3.32. The van der Waals surface area contributed by atoms with Gasteiger partial charge in [-0.3, -0.25) is 4.79 Å². The van der Waals surface area contributed by atoms with E-state index in [0.717, 1.165) is 17.6 Å². The summed E-state index contributed by atoms with van der Waals surface area (Å²) in [6.45, 7) is 4.54. The molecule has 0 bridgehead atoms. The molecular formula is C14H21BrN4O2. The normalized spacial score (nSPS) is 10.0. The van der Waals surface area contributed by atoms with Gasteiger partial charge >= 0.3 is 6.03 Å². The molecule has 1 aromatic rings. The highest BCUT2D eigenvalue weighted by molar-refractivity contribution is 9.10. The second kappa shape index (κ2) is 10.2. The zero-order valence-electron chi connectivity index (χ0n) is 12.0. The Hall–Kier alpha value is -1.60. The van der Waals surface area contributed by atoms with Crippen molar-refractivity contribution >= 4 is 33.6 Å². The molecule has 7 heteroatoms. The Kier molecular flexibility index (Phi) is 8.45. The van der Waals surface area contributed by atoms with E-state index in [4.69, 9.17) is 0 Å². The SMILES string of the molecule is CCNCCNC(=O)CCNC(=O)Nc1ccc(Br)cc1. The molecule has 0 aromatic heterocycles. The van der Waals surface area contributed by atoms with Crippen LogP contribution < -0.4 is 21.3 Å². The van der Waals surface area contributed by atoms with Gasteiger partial charge in [-0.2, -0.15) is 0 Å². The summed E-state index contributed by atoms with van der Waals surface area (Å²) in [5.41, 5.74) is 0.700. The first-order valence-corrected chi connectivity index (χ1v) is 7.69. The molecule has 1 rings (SSSR count). The largest absolute Gasteiger partial charge is 0.355 e. The lowest BCUT2D eigenvalue weighted by Crippen LogP contribution is -2.35. The van der Waals surface area contributed by atoms with Crippen LogP contribution in [0.5, 0.6) is 0 Å². The number of hydrogen-bond acceptors (Lipinski definition) is 3. The molecular weight excluding hydrogens is 336 g/mol. The van der Waals surface area contributed by atoms with Crippen molar-refractivity contribution in [1.29, 1.82) is 0 Å². The summed E-state index contributed by atoms with van der Waals surface area (Å²) in [5, 5.41) is 11.2. The highest BCUT2D eigenvalue weighted by atomic mass is 79.9. The lowest BCUT2D eigenvalue weighted by molar-refractivity contribution is -0.120. The lowest BCUT2D eigenvalue weighted by atomic mass is 10.3. The van der Waals surface area contributed by atoms with Gasteiger partial charge in [-0.1, -0.05) is 22.9 Å². The van der Waals surface area contributed by atoms with Crippen molar-refractivity contribution in [3.8, 4) is 0 Å². The summed E-state index contributed by atoms with van der Waals surface area (Å²) in [6.07, 6.45) is 0.264. The van der Waals surface area contributed by atoms with Gasteiger partial charge in [0.05, 0.1) is 0 Å². The van der Waals surface area contributed by atoms with Crippen LogP contribution in [0.2, 0.25) is 0 Å². The van der Waals surface area contributed by atoms with E-state index < -0.39 is 0 Å². The van der Waals surface area contributed by atoms with Crippen LogP contribution in [0, 0.1) is 0 Å². The lowest BCUT2D eigenvalue weighted by Gasteiger charge is -2.08. The van der Waals surface area contributed by atoms with Crippen molar-refractivity contribution < 1.29 is 9.59 Å². The Morgan fingerprint density at radius 3 is 2.43 bits per heavy atom. The molecule has 0 unspecified atom stereocenters. The Balaban J connectivity index is 2.12. The van der Waals surface area contributed by atoms with Crippen LogP contribution >= 0.6 is 15.9 Å². The summed E-state index contributed by atoms with van der Waals surface area (Å²) in [5.74, 6) is -0.0724. The number of urea groups is 1. The maximum absolute atomic E-state index is 11.6. The standard InChI is InChI=1S/C14H21BrN4O2/c1-2-16-9-10-17-13(20)7-8-18-14(21)19-12-5-3-11(15)4-6-12/h3-6,16H,2,7-10H2,1H3,(H,17,20)(H2,18,19,21). The van der Waals surface area contributed by atoms with Gasteiger partial charge in [0.2, 0.25) is 5.91 Å². The molecule has 21 heavy (non-hydrogen) atoms. The highest BCUT2D eigenvalue weighted by Gasteiger charge is 2.04. The van der Waals surface area contributed by atoms with E-state index in [1.54, 1.807) is 12.1 Å². The fraction of sp³-hybridized carbons (Fsp3) is 0.429. The van der Waals surface area contributed by atoms with Crippen molar-refractivity contribution in [3.63, 3.8) is 0 Å². The molecule has 6 nitrogen and oxygen atoms in total. The van der Waals surface area contributed by atoms with Crippen LogP contribution in [-0.2, 0) is 4.79 Å². The van der Waals surface area contributed by atoms with Gasteiger partial charge in [-0.15, -0.1) is 0 Å². The van der Waals surface area contributed by atoms with Gasteiger partial charge in [-0.05, 0) is 30.8 Å². The molecule has 0 aliphatic rings. The molecule has 0 atom stereocenters. The first kappa shape index (κ1) is 17.5. The molecule has 0 heterocycles. The van der Waals surface area contributed by atoms with Crippen LogP contribution in [0.1, 0.15) is 13.3 Å². The Bertz CT molecular complexity index is 451. The third-order valence-electron chi connectivity index (χ3n) is 2.61. The number of hydrogen-bond donors (Lipinski definition) is 4. The predicted molar refractivity (Wildman–Crippen MR) is 87.3 cm³/mol. The quantitative estimate of drug-likeness (QED) is 0.535. The zero-order chi connectivity index (χ0) is 15.5. The Morgan fingerprint density at radius 1 is 1.05 bits per heavy atom. The number of benzene rings is 1. The average Bonchev–Trinajstić information content (AvgIpc) is 2.46. The third kappa shape index (κ3) is 8.31. The smallest absolute Gasteiger partial charge is 0.319 e. The summed E-state index contributed by atoms with van der Waals surface area (Å²) in [6, 6.07) is 6.94. The molecule has 0 radical (unpaired) electrons. The van der Waals surface area contributed by atoms with E-state index in [1.807, 2.05) is 19.1 Å². The minimum Gasteiger partial charge on any atom is -0.355 e. The Labute approximate surface area is 133 Å². The second-order valence-electron chi connectivity index (χ2n) is 4.34. The van der Waals surface area contributed by atoms with Crippen molar-refractivity contribution in [2.24, 2.45) is 0 Å². The minimum absolute atomic E-state index is 0.0724. The number of amides is 3. The van der Waals surface area contributed by atoms with Crippen LogP contribution in [-0.4, -0.2) is 38.1 Å². The van der Waals surface area contributed by atoms with Gasteiger partial charge < -0.3 is 21.3 Å². The highest BCUT2D eigenvalue weighted by Crippen LogP contribution is 2.13. The molecule has 0 aliphatic carbocycles. The number of rotatable bonds is 8. The number of likely N-dealkylation sites (N-methyl/N-ethyl adjacent to an activating group) is 1. The Morgan fingerprint density at radius 2 is 1.76 bits per heavy atom. The van der Waals surface area contributed by atoms with E-state index in [1.165, 1.54) is 0 Å². The first-order valence-electron chi connectivity index (χ1n) is 6.89. The number of nitrogens with one attached hydrogen (secondary N) is 4. The fourth-order valence-corrected chi connectivity index (χ4v) is 1.82. The molecule has 4 N–H and O–H groups in total. The van der Waals surface area contributed by atoms with E-state index >= 15 is 0 Å². The van der Waals surface area contributed by atoms with E-state index in [-0.39, 0.29) is 18.4 Å². The van der Waals surface area contributed by atoms with Crippen molar-refractivity contribution in [2.75, 3.05) is 31.5 Å². The van der Waals surface area contributed by atoms with E-state index in [9.17, 15) is 9.59 Å². The first-order chi connectivity index (χ1) is 10.1. The van der Waals surface area contributed by atoms with E-state index in [0.29, 0.717) is 18.8 Å². The molecule has 0 fully saturated rings. The van der Waals surface area contributed by atoms with Crippen LogP contribution in [0.4, 0.5) is 10.5 Å². The molecule has 116 valence electrons. The third-order valence-corrected chi connectivity index (χ3v) is 3.14. The van der Waals surface area contributed by atoms with Gasteiger partial charge in [0.25, 0.3) is 0 Å². The molecule has 0 spiro atoms. The van der Waals surface area contributed by atoms with Gasteiger partial charge in [-0.25, -0.2) is 4.79 Å². The maximum atomic E-state index is 11.6. The molecule has 3 amide bonds. The summed E-state index contributed by atoms with van der Waals surface area (Å²) in [7, 11) is 0.